The summed E-state index contributed by atoms with van der Waals surface area (Å²) in [6.45, 7) is -0.521. The molecule has 0 aromatic rings. The third-order valence-electron chi connectivity index (χ3n) is 2.39. The van der Waals surface area contributed by atoms with Crippen molar-refractivity contribution >= 4 is 10.9 Å². The number of hydrogen-bond acceptors (Lipinski definition) is 5. The maximum atomic E-state index is 9.47. The van der Waals surface area contributed by atoms with Crippen molar-refractivity contribution in [1.29, 1.82) is 0 Å². The molecule has 15 heavy (non-hydrogen) atoms. The van der Waals surface area contributed by atoms with Crippen LogP contribution >= 0.6 is 0 Å². The van der Waals surface area contributed by atoms with Crippen LogP contribution in [0.15, 0.2) is 0 Å². The first-order valence-corrected chi connectivity index (χ1v) is 6.15. The second-order valence-corrected chi connectivity index (χ2v) is 5.83. The van der Waals surface area contributed by atoms with Crippen LogP contribution in [0.2, 0.25) is 0 Å². The molecule has 0 aromatic heterocycles. The van der Waals surface area contributed by atoms with Crippen molar-refractivity contribution < 1.29 is 37.9 Å². The summed E-state index contributed by atoms with van der Waals surface area (Å²) in [5, 5.41) is 45.3. The molecule has 1 aliphatic rings. The van der Waals surface area contributed by atoms with Gasteiger partial charge in [-0.05, 0) is 0 Å². The summed E-state index contributed by atoms with van der Waals surface area (Å²) >= 11 is 0. The van der Waals surface area contributed by atoms with Gasteiger partial charge in [-0.15, -0.1) is 0 Å². The molecular weight excluding hydrogens is 244 g/mol. The molecule has 1 saturated heterocycles. The summed E-state index contributed by atoms with van der Waals surface area (Å²) in [5.74, 6) is 0.722. The molecule has 5 N–H and O–H groups in total. The fraction of sp³-hybridized carbons (Fsp3) is 1.00. The van der Waals surface area contributed by atoms with E-state index in [-0.39, 0.29) is 30.9 Å². The summed E-state index contributed by atoms with van der Waals surface area (Å²) in [7, 11) is -0.415. The van der Waals surface area contributed by atoms with Gasteiger partial charge in [-0.25, -0.2) is 0 Å². The summed E-state index contributed by atoms with van der Waals surface area (Å²) in [6, 6.07) is 0. The molecule has 0 spiro atoms. The van der Waals surface area contributed by atoms with Crippen molar-refractivity contribution in [2.75, 3.05) is 24.7 Å². The third-order valence-corrected chi connectivity index (χ3v) is 5.25. The van der Waals surface area contributed by atoms with E-state index in [0.29, 0.717) is 11.5 Å². The van der Waals surface area contributed by atoms with Gasteiger partial charge < -0.3 is 37.9 Å². The van der Waals surface area contributed by atoms with Crippen molar-refractivity contribution in [2.24, 2.45) is 0 Å². The van der Waals surface area contributed by atoms with E-state index in [1.54, 1.807) is 0 Å². The first-order chi connectivity index (χ1) is 6.60. The van der Waals surface area contributed by atoms with Gasteiger partial charge in [0, 0.05) is 10.9 Å². The smallest absolute Gasteiger partial charge is 0.169 e. The van der Waals surface area contributed by atoms with Crippen LogP contribution in [0.3, 0.4) is 0 Å². The van der Waals surface area contributed by atoms with Gasteiger partial charge in [-0.3, -0.25) is 0 Å². The molecule has 5 atom stereocenters. The zero-order chi connectivity index (χ0) is 10.7. The predicted octanol–water partition coefficient (Wildman–Crippen LogP) is -5.94. The molecule has 0 bridgehead atoms. The van der Waals surface area contributed by atoms with Crippen LogP contribution in [0, 0.1) is 0 Å². The quantitative estimate of drug-likeness (QED) is 0.324. The zero-order valence-corrected chi connectivity index (χ0v) is 9.73. The minimum atomic E-state index is -0.908. The molecule has 1 fully saturated rings. The van der Waals surface area contributed by atoms with Gasteiger partial charge >= 0.3 is 0 Å². The third kappa shape index (κ3) is 3.74. The van der Waals surface area contributed by atoms with E-state index in [2.05, 4.69) is 0 Å². The van der Waals surface area contributed by atoms with E-state index in [1.165, 1.54) is 0 Å². The van der Waals surface area contributed by atoms with Crippen LogP contribution < -0.4 is 12.4 Å². The SMILES string of the molecule is OC[C@@H](O)C[S+]1C[C@@H](O)[C@H](O)[C@H]1CO.[Cl-]. The molecule has 0 radical (unpaired) electrons. The highest BCUT2D eigenvalue weighted by Gasteiger charge is 2.49. The standard InChI is InChI=1S/C8H17O5S.ClH/c9-1-5(11)3-14-4-6(12)8(13)7(14)2-10;/h5-13H,1-4H2;1H/q+1;/p-1/t5-,6-,7-,8+,14?;/m1./s1. The Kier molecular flexibility index (Phi) is 7.10. The van der Waals surface area contributed by atoms with E-state index in [9.17, 15) is 15.3 Å². The maximum absolute atomic E-state index is 9.47. The van der Waals surface area contributed by atoms with E-state index in [4.69, 9.17) is 10.2 Å². The van der Waals surface area contributed by atoms with Crippen LogP contribution in [0.4, 0.5) is 0 Å². The zero-order valence-electron chi connectivity index (χ0n) is 8.16. The van der Waals surface area contributed by atoms with Crippen molar-refractivity contribution in [1.82, 2.24) is 0 Å². The Hall–Kier alpha value is 0.440. The van der Waals surface area contributed by atoms with Gasteiger partial charge in [-0.1, -0.05) is 0 Å². The predicted molar refractivity (Wildman–Crippen MR) is 53.1 cm³/mol. The molecule has 0 amide bonds. The highest BCUT2D eigenvalue weighted by atomic mass is 35.5. The largest absolute Gasteiger partial charge is 1.00 e. The molecule has 0 saturated carbocycles. The van der Waals surface area contributed by atoms with Crippen LogP contribution in [0.5, 0.6) is 0 Å². The minimum absolute atomic E-state index is 0. The molecule has 0 aliphatic carbocycles. The Morgan fingerprint density at radius 3 is 2.33 bits per heavy atom. The fourth-order valence-electron chi connectivity index (χ4n) is 1.59. The highest BCUT2D eigenvalue weighted by molar-refractivity contribution is 7.97. The first-order valence-electron chi connectivity index (χ1n) is 4.52. The Bertz CT molecular complexity index is 184. The molecule has 1 aliphatic heterocycles. The Balaban J connectivity index is 0.00000196. The van der Waals surface area contributed by atoms with Crippen molar-refractivity contribution in [2.45, 2.75) is 23.6 Å². The normalized spacial score (nSPS) is 37.4. The van der Waals surface area contributed by atoms with Gasteiger partial charge in [0.2, 0.25) is 0 Å². The van der Waals surface area contributed by atoms with Crippen LogP contribution in [0.1, 0.15) is 0 Å². The highest BCUT2D eigenvalue weighted by Crippen LogP contribution is 2.24. The van der Waals surface area contributed by atoms with Gasteiger partial charge in [0.25, 0.3) is 0 Å². The Morgan fingerprint density at radius 1 is 1.27 bits per heavy atom. The second kappa shape index (κ2) is 6.90. The maximum Gasteiger partial charge on any atom is 0.169 e. The van der Waals surface area contributed by atoms with E-state index in [1.807, 2.05) is 0 Å². The summed E-state index contributed by atoms with van der Waals surface area (Å²) in [6.07, 6.45) is -2.56. The molecule has 1 rings (SSSR count). The lowest BCUT2D eigenvalue weighted by molar-refractivity contribution is -0.00000866. The Labute approximate surface area is 97.5 Å². The average Bonchev–Trinajstić information content (AvgIpc) is 2.42. The number of aliphatic hydroxyl groups excluding tert-OH is 5. The number of hydrogen-bond donors (Lipinski definition) is 5. The topological polar surface area (TPSA) is 101 Å². The van der Waals surface area contributed by atoms with Crippen molar-refractivity contribution in [3.05, 3.63) is 0 Å². The van der Waals surface area contributed by atoms with E-state index in [0.717, 1.165) is 0 Å². The molecule has 0 aromatic carbocycles. The van der Waals surface area contributed by atoms with Gasteiger partial charge in [0.15, 0.2) is 5.25 Å². The molecule has 1 heterocycles. The number of rotatable bonds is 4. The second-order valence-electron chi connectivity index (χ2n) is 3.49. The lowest BCUT2D eigenvalue weighted by Crippen LogP contribution is -3.00. The molecule has 5 nitrogen and oxygen atoms in total. The van der Waals surface area contributed by atoms with Crippen molar-refractivity contribution in [3.8, 4) is 0 Å². The van der Waals surface area contributed by atoms with E-state index < -0.39 is 29.2 Å². The Morgan fingerprint density at radius 2 is 1.87 bits per heavy atom. The lowest BCUT2D eigenvalue weighted by atomic mass is 10.2. The first kappa shape index (κ1) is 15.4. The van der Waals surface area contributed by atoms with Gasteiger partial charge in [0.05, 0.1) is 13.2 Å². The van der Waals surface area contributed by atoms with Crippen LogP contribution in [0.25, 0.3) is 0 Å². The average molecular weight is 261 g/mol. The lowest BCUT2D eigenvalue weighted by Gasteiger charge is -2.13. The molecule has 7 heteroatoms. The molecular formula is C8H17ClO5S. The monoisotopic (exact) mass is 260 g/mol. The van der Waals surface area contributed by atoms with Gasteiger partial charge in [-0.2, -0.15) is 0 Å². The van der Waals surface area contributed by atoms with Crippen LogP contribution in [-0.2, 0) is 10.9 Å². The summed E-state index contributed by atoms with van der Waals surface area (Å²) in [4.78, 5) is 0. The molecule has 1 unspecified atom stereocenters. The van der Waals surface area contributed by atoms with Gasteiger partial charge in [0.1, 0.15) is 29.8 Å². The number of aliphatic hydroxyl groups is 5. The fourth-order valence-corrected chi connectivity index (χ4v) is 4.24. The molecule has 92 valence electrons. The summed E-state index contributed by atoms with van der Waals surface area (Å²) in [5.41, 5.74) is 0. The number of halogens is 1. The van der Waals surface area contributed by atoms with Crippen molar-refractivity contribution in [3.63, 3.8) is 0 Å². The van der Waals surface area contributed by atoms with Crippen LogP contribution in [-0.4, -0.2) is 73.8 Å². The minimum Gasteiger partial charge on any atom is -1.00 e. The van der Waals surface area contributed by atoms with E-state index >= 15 is 0 Å². The summed E-state index contributed by atoms with van der Waals surface area (Å²) < 4.78 is 0.